The zero-order chi connectivity index (χ0) is 20.4. The summed E-state index contributed by atoms with van der Waals surface area (Å²) in [5.41, 5.74) is 1.97. The number of urea groups is 1. The first-order valence-corrected chi connectivity index (χ1v) is 10.8. The van der Waals surface area contributed by atoms with Crippen molar-refractivity contribution in [3.63, 3.8) is 0 Å². The Bertz CT molecular complexity index is 932. The van der Waals surface area contributed by atoms with Crippen LogP contribution in [0.15, 0.2) is 29.6 Å². The molecule has 0 radical (unpaired) electrons. The van der Waals surface area contributed by atoms with Gasteiger partial charge < -0.3 is 10.6 Å². The summed E-state index contributed by atoms with van der Waals surface area (Å²) in [6, 6.07) is 7.23. The summed E-state index contributed by atoms with van der Waals surface area (Å²) < 4.78 is 0. The number of hydrogen-bond donors (Lipinski definition) is 2. The van der Waals surface area contributed by atoms with Crippen molar-refractivity contribution in [2.24, 2.45) is 0 Å². The fourth-order valence-electron chi connectivity index (χ4n) is 4.04. The maximum Gasteiger partial charge on any atom is 0.325 e. The predicted octanol–water partition coefficient (Wildman–Crippen LogP) is 3.70. The molecular formula is C21H24N4O3S. The Morgan fingerprint density at radius 2 is 1.97 bits per heavy atom. The van der Waals surface area contributed by atoms with Crippen molar-refractivity contribution in [2.75, 3.05) is 11.9 Å². The second-order valence-corrected chi connectivity index (χ2v) is 8.72. The highest BCUT2D eigenvalue weighted by molar-refractivity contribution is 7.09. The first-order chi connectivity index (χ1) is 14.0. The lowest BCUT2D eigenvalue weighted by molar-refractivity contribution is -0.131. The Morgan fingerprint density at radius 3 is 2.62 bits per heavy atom. The maximum absolute atomic E-state index is 12.6. The summed E-state index contributed by atoms with van der Waals surface area (Å²) in [7, 11) is 0. The smallest absolute Gasteiger partial charge is 0.325 e. The minimum Gasteiger partial charge on any atom is -0.326 e. The Hall–Kier alpha value is -2.74. The summed E-state index contributed by atoms with van der Waals surface area (Å²) in [5, 5.41) is 8.74. The molecule has 1 aliphatic carbocycles. The molecule has 1 aliphatic heterocycles. The standard InChI is InChI=1S/C21H24N4O3S/c1-14-22-17(13-29-14)15-6-8-16(9-7-15)23-18(26)5-4-12-25-19(27)21(24-20(25)28)10-2-3-11-21/h6-9,13H,2-5,10-12H2,1H3,(H,23,26)(H,24,28). The fourth-order valence-corrected chi connectivity index (χ4v) is 4.66. The number of rotatable bonds is 6. The topological polar surface area (TPSA) is 91.4 Å². The summed E-state index contributed by atoms with van der Waals surface area (Å²) in [6.07, 6.45) is 4.04. The largest absolute Gasteiger partial charge is 0.326 e. The molecule has 1 aromatic carbocycles. The number of aromatic nitrogens is 1. The third kappa shape index (κ3) is 4.03. The third-order valence-electron chi connectivity index (χ3n) is 5.57. The van der Waals surface area contributed by atoms with Gasteiger partial charge in [0.1, 0.15) is 5.54 Å². The molecule has 2 aromatic rings. The second kappa shape index (κ2) is 7.94. The van der Waals surface area contributed by atoms with Crippen molar-refractivity contribution in [1.82, 2.24) is 15.2 Å². The SMILES string of the molecule is Cc1nc(-c2ccc(NC(=O)CCCN3C(=O)NC4(CCCC4)C3=O)cc2)cs1. The highest BCUT2D eigenvalue weighted by Gasteiger charge is 2.51. The summed E-state index contributed by atoms with van der Waals surface area (Å²) in [5.74, 6) is -0.266. The molecule has 4 amide bonds. The average Bonchev–Trinajstić information content (AvgIpc) is 3.40. The number of thiazole rings is 1. The molecule has 2 N–H and O–H groups in total. The number of aryl methyl sites for hydroxylation is 1. The van der Waals surface area contributed by atoms with Crippen LogP contribution in [-0.4, -0.2) is 39.8 Å². The van der Waals surface area contributed by atoms with Crippen LogP contribution in [-0.2, 0) is 9.59 Å². The molecule has 1 saturated heterocycles. The summed E-state index contributed by atoms with van der Waals surface area (Å²) >= 11 is 1.60. The molecule has 0 atom stereocenters. The highest BCUT2D eigenvalue weighted by atomic mass is 32.1. The van der Waals surface area contributed by atoms with E-state index in [1.807, 2.05) is 36.6 Å². The number of nitrogens with zero attached hydrogens (tertiary/aromatic N) is 2. The number of anilines is 1. The lowest BCUT2D eigenvalue weighted by Gasteiger charge is -2.19. The van der Waals surface area contributed by atoms with Crippen molar-refractivity contribution < 1.29 is 14.4 Å². The molecule has 2 heterocycles. The molecular weight excluding hydrogens is 388 g/mol. The lowest BCUT2D eigenvalue weighted by atomic mass is 9.98. The summed E-state index contributed by atoms with van der Waals surface area (Å²) in [4.78, 5) is 42.7. The molecule has 8 heteroatoms. The number of hydrogen-bond acceptors (Lipinski definition) is 5. The number of imide groups is 1. The lowest BCUT2D eigenvalue weighted by Crippen LogP contribution is -2.44. The van der Waals surface area contributed by atoms with Gasteiger partial charge in [0.25, 0.3) is 5.91 Å². The van der Waals surface area contributed by atoms with Crippen LogP contribution >= 0.6 is 11.3 Å². The third-order valence-corrected chi connectivity index (χ3v) is 6.35. The maximum atomic E-state index is 12.6. The van der Waals surface area contributed by atoms with E-state index in [1.165, 1.54) is 4.90 Å². The van der Waals surface area contributed by atoms with Gasteiger partial charge in [-0.1, -0.05) is 25.0 Å². The van der Waals surface area contributed by atoms with Crippen molar-refractivity contribution in [3.05, 3.63) is 34.7 Å². The van der Waals surface area contributed by atoms with Gasteiger partial charge in [0.2, 0.25) is 5.91 Å². The van der Waals surface area contributed by atoms with Crippen LogP contribution in [0.3, 0.4) is 0 Å². The Morgan fingerprint density at radius 1 is 1.24 bits per heavy atom. The number of carbonyl (C=O) groups is 3. The van der Waals surface area contributed by atoms with Gasteiger partial charge in [-0.05, 0) is 38.3 Å². The van der Waals surface area contributed by atoms with Crippen LogP contribution in [0.2, 0.25) is 0 Å². The van der Waals surface area contributed by atoms with E-state index in [0.717, 1.165) is 29.1 Å². The Labute approximate surface area is 173 Å². The van der Waals surface area contributed by atoms with Crippen molar-refractivity contribution in [3.8, 4) is 11.3 Å². The van der Waals surface area contributed by atoms with E-state index in [1.54, 1.807) is 11.3 Å². The van der Waals surface area contributed by atoms with Gasteiger partial charge in [-0.2, -0.15) is 0 Å². The van der Waals surface area contributed by atoms with Crippen molar-refractivity contribution in [2.45, 2.75) is 51.0 Å². The predicted molar refractivity (Wildman–Crippen MR) is 112 cm³/mol. The van der Waals surface area contributed by atoms with Crippen molar-refractivity contribution >= 4 is 34.9 Å². The highest BCUT2D eigenvalue weighted by Crippen LogP contribution is 2.35. The van der Waals surface area contributed by atoms with Gasteiger partial charge in [-0.15, -0.1) is 11.3 Å². The molecule has 1 spiro atoms. The summed E-state index contributed by atoms with van der Waals surface area (Å²) in [6.45, 7) is 2.23. The molecule has 4 rings (SSSR count). The van der Waals surface area contributed by atoms with Crippen LogP contribution in [0.25, 0.3) is 11.3 Å². The monoisotopic (exact) mass is 412 g/mol. The second-order valence-electron chi connectivity index (χ2n) is 7.66. The molecule has 7 nitrogen and oxygen atoms in total. The molecule has 2 fully saturated rings. The molecule has 0 unspecified atom stereocenters. The van der Waals surface area contributed by atoms with E-state index in [9.17, 15) is 14.4 Å². The fraction of sp³-hybridized carbons (Fsp3) is 0.429. The zero-order valence-electron chi connectivity index (χ0n) is 16.4. The molecule has 152 valence electrons. The van der Waals surface area contributed by atoms with Crippen LogP contribution in [0, 0.1) is 6.92 Å². The Balaban J connectivity index is 1.26. The van der Waals surface area contributed by atoms with Gasteiger partial charge in [0.05, 0.1) is 10.7 Å². The van der Waals surface area contributed by atoms with Crippen LogP contribution < -0.4 is 10.6 Å². The van der Waals surface area contributed by atoms with Gasteiger partial charge >= 0.3 is 6.03 Å². The van der Waals surface area contributed by atoms with Crippen LogP contribution in [0.4, 0.5) is 10.5 Å². The van der Waals surface area contributed by atoms with Crippen molar-refractivity contribution in [1.29, 1.82) is 0 Å². The number of nitrogens with one attached hydrogen (secondary N) is 2. The van der Waals surface area contributed by atoms with Crippen LogP contribution in [0.1, 0.15) is 43.5 Å². The number of carbonyl (C=O) groups excluding carboxylic acids is 3. The van der Waals surface area contributed by atoms with E-state index < -0.39 is 5.54 Å². The molecule has 1 aromatic heterocycles. The van der Waals surface area contributed by atoms with Gasteiger partial charge in [-0.3, -0.25) is 14.5 Å². The zero-order valence-corrected chi connectivity index (χ0v) is 17.2. The van der Waals surface area contributed by atoms with E-state index in [4.69, 9.17) is 0 Å². The van der Waals surface area contributed by atoms with Gasteiger partial charge in [-0.25, -0.2) is 9.78 Å². The van der Waals surface area contributed by atoms with Crippen LogP contribution in [0.5, 0.6) is 0 Å². The molecule has 29 heavy (non-hydrogen) atoms. The van der Waals surface area contributed by atoms with Gasteiger partial charge in [0.15, 0.2) is 0 Å². The van der Waals surface area contributed by atoms with E-state index in [2.05, 4.69) is 15.6 Å². The Kier molecular flexibility index (Phi) is 5.36. The molecule has 1 saturated carbocycles. The van der Waals surface area contributed by atoms with E-state index in [-0.39, 0.29) is 30.8 Å². The minimum atomic E-state index is -0.684. The first kappa shape index (κ1) is 19.6. The molecule has 2 aliphatic rings. The van der Waals surface area contributed by atoms with Gasteiger partial charge in [0, 0.05) is 29.6 Å². The number of amides is 4. The quantitative estimate of drug-likeness (QED) is 0.708. The average molecular weight is 413 g/mol. The molecule has 0 bridgehead atoms. The normalized spacial score (nSPS) is 17.8. The minimum absolute atomic E-state index is 0.131. The first-order valence-electron chi connectivity index (χ1n) is 9.93. The van der Waals surface area contributed by atoms with E-state index in [0.29, 0.717) is 24.9 Å². The van der Waals surface area contributed by atoms with E-state index >= 15 is 0 Å². The number of benzene rings is 1.